The standard InChI is InChI=1S/C18H14ClNO4/c1-22-13-5-3-4-11(8-13)9-15-18(21)24-17(20-15)14-10-12(19)6-7-16(14)23-2/h3-10H,1-2H3/b15-9+. The van der Waals surface area contributed by atoms with Gasteiger partial charge in [-0.1, -0.05) is 23.7 Å². The zero-order valence-corrected chi connectivity index (χ0v) is 13.8. The topological polar surface area (TPSA) is 57.1 Å². The molecule has 0 bridgehead atoms. The monoisotopic (exact) mass is 343 g/mol. The van der Waals surface area contributed by atoms with Gasteiger partial charge in [0.1, 0.15) is 11.5 Å². The maximum atomic E-state index is 12.1. The molecule has 5 nitrogen and oxygen atoms in total. The van der Waals surface area contributed by atoms with Gasteiger partial charge in [0, 0.05) is 5.02 Å². The molecule has 0 aliphatic carbocycles. The summed E-state index contributed by atoms with van der Waals surface area (Å²) in [7, 11) is 3.11. The van der Waals surface area contributed by atoms with Crippen LogP contribution in [0, 0.1) is 0 Å². The largest absolute Gasteiger partial charge is 0.497 e. The Morgan fingerprint density at radius 3 is 2.71 bits per heavy atom. The van der Waals surface area contributed by atoms with E-state index in [1.807, 2.05) is 18.2 Å². The van der Waals surface area contributed by atoms with Crippen molar-refractivity contribution in [3.63, 3.8) is 0 Å². The first kappa shape index (κ1) is 16.1. The molecule has 0 radical (unpaired) electrons. The van der Waals surface area contributed by atoms with Crippen LogP contribution < -0.4 is 9.47 Å². The summed E-state index contributed by atoms with van der Waals surface area (Å²) in [5, 5.41) is 0.495. The van der Waals surface area contributed by atoms with E-state index in [-0.39, 0.29) is 11.6 Å². The number of halogens is 1. The van der Waals surface area contributed by atoms with Crippen LogP contribution in [0.5, 0.6) is 11.5 Å². The molecule has 122 valence electrons. The lowest BCUT2D eigenvalue weighted by Gasteiger charge is -2.07. The number of benzene rings is 2. The van der Waals surface area contributed by atoms with Crippen molar-refractivity contribution in [2.75, 3.05) is 14.2 Å². The fourth-order valence-electron chi connectivity index (χ4n) is 2.26. The lowest BCUT2D eigenvalue weighted by Crippen LogP contribution is -2.07. The summed E-state index contributed by atoms with van der Waals surface area (Å²) in [5.74, 6) is 0.841. The van der Waals surface area contributed by atoms with Crippen LogP contribution in [0.2, 0.25) is 5.02 Å². The first-order valence-electron chi connectivity index (χ1n) is 7.11. The van der Waals surface area contributed by atoms with Crippen molar-refractivity contribution < 1.29 is 19.0 Å². The fourth-order valence-corrected chi connectivity index (χ4v) is 2.43. The van der Waals surface area contributed by atoms with Gasteiger partial charge in [-0.15, -0.1) is 0 Å². The van der Waals surface area contributed by atoms with Crippen LogP contribution >= 0.6 is 11.6 Å². The number of carbonyl (C=O) groups is 1. The van der Waals surface area contributed by atoms with Gasteiger partial charge < -0.3 is 14.2 Å². The van der Waals surface area contributed by atoms with Gasteiger partial charge >= 0.3 is 5.97 Å². The highest BCUT2D eigenvalue weighted by molar-refractivity contribution is 6.31. The SMILES string of the molecule is COc1cccc(/C=C2/N=C(c3cc(Cl)ccc3OC)OC2=O)c1. The zero-order valence-electron chi connectivity index (χ0n) is 13.1. The fraction of sp³-hybridized carbons (Fsp3) is 0.111. The van der Waals surface area contributed by atoms with Gasteiger partial charge in [0.05, 0.1) is 19.8 Å². The van der Waals surface area contributed by atoms with Crippen LogP contribution in [0.3, 0.4) is 0 Å². The molecule has 24 heavy (non-hydrogen) atoms. The van der Waals surface area contributed by atoms with Crippen molar-refractivity contribution >= 4 is 29.5 Å². The molecule has 6 heteroatoms. The molecule has 0 saturated carbocycles. The highest BCUT2D eigenvalue weighted by atomic mass is 35.5. The summed E-state index contributed by atoms with van der Waals surface area (Å²) in [4.78, 5) is 16.4. The Hall–Kier alpha value is -2.79. The van der Waals surface area contributed by atoms with Gasteiger partial charge in [0.15, 0.2) is 5.70 Å². The summed E-state index contributed by atoms with van der Waals surface area (Å²) in [5.41, 5.74) is 1.50. The molecule has 0 aromatic heterocycles. The first-order chi connectivity index (χ1) is 11.6. The number of hydrogen-bond donors (Lipinski definition) is 0. The number of carbonyl (C=O) groups excluding carboxylic acids is 1. The van der Waals surface area contributed by atoms with Gasteiger partial charge in [-0.25, -0.2) is 9.79 Å². The smallest absolute Gasteiger partial charge is 0.363 e. The average Bonchev–Trinajstić information content (AvgIpc) is 2.95. The van der Waals surface area contributed by atoms with Crippen molar-refractivity contribution in [1.82, 2.24) is 0 Å². The molecule has 1 aliphatic heterocycles. The highest BCUT2D eigenvalue weighted by Crippen LogP contribution is 2.28. The van der Waals surface area contributed by atoms with E-state index in [1.54, 1.807) is 37.5 Å². The Bertz CT molecular complexity index is 858. The number of aliphatic imine (C=N–C) groups is 1. The number of rotatable bonds is 4. The number of esters is 1. The molecule has 0 fully saturated rings. The summed E-state index contributed by atoms with van der Waals surface area (Å²) in [6.07, 6.45) is 1.63. The van der Waals surface area contributed by atoms with Crippen LogP contribution in [0.25, 0.3) is 6.08 Å². The van der Waals surface area contributed by atoms with Gasteiger partial charge in [0.25, 0.3) is 0 Å². The second kappa shape index (κ2) is 6.76. The summed E-state index contributed by atoms with van der Waals surface area (Å²) < 4.78 is 15.7. The van der Waals surface area contributed by atoms with E-state index < -0.39 is 5.97 Å². The number of methoxy groups -OCH3 is 2. The van der Waals surface area contributed by atoms with Crippen molar-refractivity contribution in [1.29, 1.82) is 0 Å². The third kappa shape index (κ3) is 3.26. The Balaban J connectivity index is 1.99. The normalized spacial score (nSPS) is 15.2. The molecule has 2 aromatic rings. The number of nitrogens with zero attached hydrogens (tertiary/aromatic N) is 1. The summed E-state index contributed by atoms with van der Waals surface area (Å²) >= 11 is 6.01. The third-order valence-electron chi connectivity index (χ3n) is 3.41. The van der Waals surface area contributed by atoms with Gasteiger partial charge in [0.2, 0.25) is 5.90 Å². The number of hydrogen-bond acceptors (Lipinski definition) is 5. The second-order valence-electron chi connectivity index (χ2n) is 4.96. The molecular weight excluding hydrogens is 330 g/mol. The van der Waals surface area contributed by atoms with Gasteiger partial charge in [-0.05, 0) is 42.0 Å². The summed E-state index contributed by atoms with van der Waals surface area (Å²) in [6.45, 7) is 0. The first-order valence-corrected chi connectivity index (χ1v) is 7.49. The minimum atomic E-state index is -0.533. The molecule has 3 rings (SSSR count). The van der Waals surface area contributed by atoms with E-state index >= 15 is 0 Å². The molecule has 0 amide bonds. The van der Waals surface area contributed by atoms with Crippen molar-refractivity contribution in [3.8, 4) is 11.5 Å². The van der Waals surface area contributed by atoms with E-state index in [0.29, 0.717) is 22.1 Å². The molecule has 0 spiro atoms. The maximum absolute atomic E-state index is 12.1. The molecule has 0 atom stereocenters. The zero-order chi connectivity index (χ0) is 17.1. The van der Waals surface area contributed by atoms with Crippen molar-refractivity contribution in [3.05, 3.63) is 64.3 Å². The molecule has 1 aliphatic rings. The second-order valence-corrected chi connectivity index (χ2v) is 5.39. The van der Waals surface area contributed by atoms with E-state index in [1.165, 1.54) is 7.11 Å². The molecule has 1 heterocycles. The minimum absolute atomic E-state index is 0.161. The maximum Gasteiger partial charge on any atom is 0.363 e. The summed E-state index contributed by atoms with van der Waals surface area (Å²) in [6, 6.07) is 12.3. The van der Waals surface area contributed by atoms with Crippen molar-refractivity contribution in [2.24, 2.45) is 4.99 Å². The Labute approximate surface area is 144 Å². The van der Waals surface area contributed by atoms with Crippen LogP contribution in [-0.2, 0) is 9.53 Å². The van der Waals surface area contributed by atoms with Crippen LogP contribution in [0.15, 0.2) is 53.2 Å². The number of cyclic esters (lactones) is 1. The van der Waals surface area contributed by atoms with Crippen LogP contribution in [0.4, 0.5) is 0 Å². The van der Waals surface area contributed by atoms with Crippen molar-refractivity contribution in [2.45, 2.75) is 0 Å². The van der Waals surface area contributed by atoms with Crippen LogP contribution in [0.1, 0.15) is 11.1 Å². The van der Waals surface area contributed by atoms with E-state index in [4.69, 9.17) is 25.8 Å². The predicted molar refractivity (Wildman–Crippen MR) is 91.6 cm³/mol. The lowest BCUT2D eigenvalue weighted by molar-refractivity contribution is -0.129. The molecule has 0 saturated heterocycles. The van der Waals surface area contributed by atoms with E-state index in [0.717, 1.165) is 5.56 Å². The molecule has 0 unspecified atom stereocenters. The lowest BCUT2D eigenvalue weighted by atomic mass is 10.2. The molecule has 0 N–H and O–H groups in total. The van der Waals surface area contributed by atoms with Gasteiger partial charge in [-0.3, -0.25) is 0 Å². The molecule has 2 aromatic carbocycles. The van der Waals surface area contributed by atoms with E-state index in [9.17, 15) is 4.79 Å². The molecular formula is C18H14ClNO4. The quantitative estimate of drug-likeness (QED) is 0.627. The minimum Gasteiger partial charge on any atom is -0.497 e. The van der Waals surface area contributed by atoms with E-state index in [2.05, 4.69) is 4.99 Å². The Morgan fingerprint density at radius 2 is 1.96 bits per heavy atom. The Morgan fingerprint density at radius 1 is 1.12 bits per heavy atom. The predicted octanol–water partition coefficient (Wildman–Crippen LogP) is 3.70. The Kier molecular flexibility index (Phi) is 4.53. The van der Waals surface area contributed by atoms with Crippen LogP contribution in [-0.4, -0.2) is 26.1 Å². The highest BCUT2D eigenvalue weighted by Gasteiger charge is 2.26. The number of ether oxygens (including phenoxy) is 3. The average molecular weight is 344 g/mol. The van der Waals surface area contributed by atoms with Gasteiger partial charge in [-0.2, -0.15) is 0 Å². The third-order valence-corrected chi connectivity index (χ3v) is 3.64.